The summed E-state index contributed by atoms with van der Waals surface area (Å²) in [6, 6.07) is 3.35. The Morgan fingerprint density at radius 1 is 1.31 bits per heavy atom. The van der Waals surface area contributed by atoms with Gasteiger partial charge in [-0.2, -0.15) is 0 Å². The summed E-state index contributed by atoms with van der Waals surface area (Å²) in [4.78, 5) is 0. The molecule has 0 amide bonds. The summed E-state index contributed by atoms with van der Waals surface area (Å²) >= 11 is 0. The van der Waals surface area contributed by atoms with Gasteiger partial charge in [0.1, 0.15) is 5.75 Å². The summed E-state index contributed by atoms with van der Waals surface area (Å²) < 4.78 is 9.99. The zero-order chi connectivity index (χ0) is 12.3. The van der Waals surface area contributed by atoms with Gasteiger partial charge in [0, 0.05) is 12.5 Å². The number of nitrogens with two attached hydrogens (primary N) is 1. The van der Waals surface area contributed by atoms with Crippen molar-refractivity contribution in [3.8, 4) is 5.75 Å². The first-order chi connectivity index (χ1) is 7.45. The topological polar surface area (TPSA) is 92.2 Å². The van der Waals surface area contributed by atoms with Crippen LogP contribution in [0.4, 0.5) is 5.69 Å². The Morgan fingerprint density at radius 2 is 1.94 bits per heavy atom. The summed E-state index contributed by atoms with van der Waals surface area (Å²) in [5.74, 6) is 0.389. The van der Waals surface area contributed by atoms with Crippen molar-refractivity contribution < 1.29 is 9.47 Å². The van der Waals surface area contributed by atoms with Gasteiger partial charge in [-0.3, -0.25) is 10.8 Å². The van der Waals surface area contributed by atoms with Crippen molar-refractivity contribution in [3.05, 3.63) is 23.3 Å². The van der Waals surface area contributed by atoms with E-state index in [1.807, 2.05) is 6.92 Å². The van der Waals surface area contributed by atoms with Crippen molar-refractivity contribution in [1.82, 2.24) is 0 Å². The zero-order valence-corrected chi connectivity index (χ0v) is 9.55. The first-order valence-corrected chi connectivity index (χ1v) is 4.71. The second-order valence-electron chi connectivity index (χ2n) is 3.40. The second kappa shape index (κ2) is 4.65. The fourth-order valence-corrected chi connectivity index (χ4v) is 1.34. The molecule has 0 aliphatic carbocycles. The van der Waals surface area contributed by atoms with Crippen LogP contribution in [0.5, 0.6) is 5.75 Å². The predicted octanol–water partition coefficient (Wildman–Crippen LogP) is 1.92. The van der Waals surface area contributed by atoms with E-state index in [1.54, 1.807) is 12.1 Å². The van der Waals surface area contributed by atoms with E-state index in [-0.39, 0.29) is 11.8 Å². The van der Waals surface area contributed by atoms with Crippen molar-refractivity contribution >= 4 is 17.5 Å². The van der Waals surface area contributed by atoms with Gasteiger partial charge in [0.25, 0.3) is 0 Å². The van der Waals surface area contributed by atoms with Gasteiger partial charge in [0.2, 0.25) is 5.90 Å². The number of rotatable bonds is 2. The van der Waals surface area contributed by atoms with Crippen LogP contribution in [-0.4, -0.2) is 18.9 Å². The highest BCUT2D eigenvalue weighted by molar-refractivity contribution is 6.00. The molecule has 1 aromatic carbocycles. The third-order valence-corrected chi connectivity index (χ3v) is 2.08. The maximum atomic E-state index is 7.68. The smallest absolute Gasteiger partial charge is 0.221 e. The normalized spacial score (nSPS) is 9.69. The number of hydrogen-bond acceptors (Lipinski definition) is 5. The molecule has 0 aromatic heterocycles. The van der Waals surface area contributed by atoms with Crippen LogP contribution in [0.15, 0.2) is 12.1 Å². The maximum absolute atomic E-state index is 7.68. The molecule has 0 radical (unpaired) electrons. The molecule has 86 valence electrons. The zero-order valence-electron chi connectivity index (χ0n) is 9.55. The third kappa shape index (κ3) is 2.50. The largest absolute Gasteiger partial charge is 0.495 e. The van der Waals surface area contributed by atoms with Crippen LogP contribution in [0.2, 0.25) is 0 Å². The van der Waals surface area contributed by atoms with Crippen molar-refractivity contribution in [2.45, 2.75) is 13.8 Å². The third-order valence-electron chi connectivity index (χ3n) is 2.08. The van der Waals surface area contributed by atoms with E-state index >= 15 is 0 Å². The van der Waals surface area contributed by atoms with E-state index in [0.29, 0.717) is 17.0 Å². The molecule has 0 unspecified atom stereocenters. The Bertz CT molecular complexity index is 441. The fourth-order valence-electron chi connectivity index (χ4n) is 1.34. The molecule has 0 saturated carbocycles. The summed E-state index contributed by atoms with van der Waals surface area (Å²) in [5.41, 5.74) is 7.62. The van der Waals surface area contributed by atoms with E-state index in [9.17, 15) is 0 Å². The van der Waals surface area contributed by atoms with E-state index in [0.717, 1.165) is 5.56 Å². The van der Waals surface area contributed by atoms with Gasteiger partial charge in [0.05, 0.1) is 12.8 Å². The molecule has 0 aliphatic rings. The number of hydrogen-bond donors (Lipinski definition) is 3. The summed E-state index contributed by atoms with van der Waals surface area (Å²) in [6.07, 6.45) is 0. The van der Waals surface area contributed by atoms with Crippen LogP contribution in [0.25, 0.3) is 0 Å². The molecule has 1 rings (SSSR count). The molecule has 0 saturated heterocycles. The molecule has 0 aliphatic heterocycles. The molecule has 0 atom stereocenters. The van der Waals surface area contributed by atoms with Crippen molar-refractivity contribution in [2.75, 3.05) is 12.8 Å². The standard InChI is InChI=1S/C11H15N3O2/c1-6-4-9(13)10(15-3)5-8(6)11(14)16-7(2)12/h4-5,12,14H,13H2,1-3H3. The second-order valence-corrected chi connectivity index (χ2v) is 3.40. The Hall–Kier alpha value is -2.04. The van der Waals surface area contributed by atoms with Gasteiger partial charge in [-0.1, -0.05) is 0 Å². The van der Waals surface area contributed by atoms with E-state index in [1.165, 1.54) is 14.0 Å². The van der Waals surface area contributed by atoms with Crippen LogP contribution in [0.1, 0.15) is 18.1 Å². The molecular formula is C11H15N3O2. The monoisotopic (exact) mass is 221 g/mol. The minimum atomic E-state index is -0.0803. The predicted molar refractivity (Wildman–Crippen MR) is 63.5 cm³/mol. The van der Waals surface area contributed by atoms with Crippen LogP contribution in [0, 0.1) is 17.7 Å². The average Bonchev–Trinajstić information content (AvgIpc) is 2.16. The Balaban J connectivity index is 3.13. The number of nitrogens with one attached hydrogen (secondary N) is 2. The van der Waals surface area contributed by atoms with Gasteiger partial charge in [-0.15, -0.1) is 0 Å². The Morgan fingerprint density at radius 3 is 2.44 bits per heavy atom. The first-order valence-electron chi connectivity index (χ1n) is 4.71. The molecule has 4 N–H and O–H groups in total. The summed E-state index contributed by atoms with van der Waals surface area (Å²) in [7, 11) is 1.51. The summed E-state index contributed by atoms with van der Waals surface area (Å²) in [5, 5.41) is 14.9. The summed E-state index contributed by atoms with van der Waals surface area (Å²) in [6.45, 7) is 3.29. The highest BCUT2D eigenvalue weighted by Crippen LogP contribution is 2.25. The van der Waals surface area contributed by atoms with Crippen LogP contribution < -0.4 is 10.5 Å². The van der Waals surface area contributed by atoms with Crippen molar-refractivity contribution in [3.63, 3.8) is 0 Å². The Kier molecular flexibility index (Phi) is 3.50. The molecule has 0 fully saturated rings. The lowest BCUT2D eigenvalue weighted by Crippen LogP contribution is -2.11. The number of aryl methyl sites for hydroxylation is 1. The van der Waals surface area contributed by atoms with Gasteiger partial charge in [-0.25, -0.2) is 0 Å². The van der Waals surface area contributed by atoms with Gasteiger partial charge in [0.15, 0.2) is 5.90 Å². The Labute approximate surface area is 94.2 Å². The van der Waals surface area contributed by atoms with Gasteiger partial charge >= 0.3 is 0 Å². The molecule has 0 spiro atoms. The molecule has 5 heteroatoms. The van der Waals surface area contributed by atoms with E-state index in [4.69, 9.17) is 26.0 Å². The lowest BCUT2D eigenvalue weighted by molar-refractivity contribution is 0.416. The lowest BCUT2D eigenvalue weighted by atomic mass is 10.1. The quantitative estimate of drug-likeness (QED) is 0.404. The molecule has 0 bridgehead atoms. The van der Waals surface area contributed by atoms with E-state index < -0.39 is 0 Å². The SMILES string of the molecule is COc1cc(C(=N)OC(C)=N)c(C)cc1N. The van der Waals surface area contributed by atoms with Crippen molar-refractivity contribution in [2.24, 2.45) is 0 Å². The number of ether oxygens (including phenoxy) is 2. The molecule has 16 heavy (non-hydrogen) atoms. The van der Waals surface area contributed by atoms with E-state index in [2.05, 4.69) is 0 Å². The number of methoxy groups -OCH3 is 1. The van der Waals surface area contributed by atoms with Crippen LogP contribution in [-0.2, 0) is 4.74 Å². The molecule has 5 nitrogen and oxygen atoms in total. The highest BCUT2D eigenvalue weighted by atomic mass is 16.5. The molecule has 0 heterocycles. The first kappa shape index (κ1) is 12.0. The maximum Gasteiger partial charge on any atom is 0.221 e. The fraction of sp³-hybridized carbons (Fsp3) is 0.273. The van der Waals surface area contributed by atoms with Gasteiger partial charge in [-0.05, 0) is 24.6 Å². The van der Waals surface area contributed by atoms with Crippen LogP contribution in [0.3, 0.4) is 0 Å². The highest BCUT2D eigenvalue weighted by Gasteiger charge is 2.11. The van der Waals surface area contributed by atoms with Gasteiger partial charge < -0.3 is 15.2 Å². The number of anilines is 1. The lowest BCUT2D eigenvalue weighted by Gasteiger charge is -2.11. The minimum absolute atomic E-state index is 0.0276. The number of benzene rings is 1. The minimum Gasteiger partial charge on any atom is -0.495 e. The number of nitrogen functional groups attached to an aromatic ring is 1. The average molecular weight is 221 g/mol. The van der Waals surface area contributed by atoms with Crippen molar-refractivity contribution in [1.29, 1.82) is 10.8 Å². The molecular weight excluding hydrogens is 206 g/mol. The molecule has 1 aromatic rings. The van der Waals surface area contributed by atoms with Crippen LogP contribution >= 0.6 is 0 Å².